The van der Waals surface area contributed by atoms with Gasteiger partial charge in [-0.2, -0.15) is 13.2 Å². The zero-order chi connectivity index (χ0) is 30.3. The molecule has 1 unspecified atom stereocenters. The molecule has 43 heavy (non-hydrogen) atoms. The van der Waals surface area contributed by atoms with Gasteiger partial charge in [-0.3, -0.25) is 9.69 Å². The number of carbonyl (C=O) groups excluding carboxylic acids is 2. The summed E-state index contributed by atoms with van der Waals surface area (Å²) in [7, 11) is 3.12. The highest BCUT2D eigenvalue weighted by atomic mass is 19.4. The zero-order valence-electron chi connectivity index (χ0n) is 23.5. The first-order valence-corrected chi connectivity index (χ1v) is 13.7. The molecular weight excluding hydrogens is 561 g/mol. The van der Waals surface area contributed by atoms with Crippen LogP contribution in [0, 0.1) is 0 Å². The number of alkyl halides is 3. The highest BCUT2D eigenvalue weighted by Crippen LogP contribution is 2.46. The molecule has 0 bridgehead atoms. The van der Waals surface area contributed by atoms with Gasteiger partial charge in [0.15, 0.2) is 0 Å². The van der Waals surface area contributed by atoms with Crippen LogP contribution in [-0.2, 0) is 11.0 Å². The number of aromatic nitrogens is 1. The average Bonchev–Trinajstić information content (AvgIpc) is 3.73. The van der Waals surface area contributed by atoms with Crippen LogP contribution in [0.3, 0.4) is 0 Å². The predicted molar refractivity (Wildman–Crippen MR) is 155 cm³/mol. The first-order valence-electron chi connectivity index (χ1n) is 13.7. The maximum absolute atomic E-state index is 14.4. The molecule has 1 aliphatic carbocycles. The molecule has 4 aromatic rings. The molecule has 6 rings (SSSR count). The second-order valence-electron chi connectivity index (χ2n) is 10.4. The van der Waals surface area contributed by atoms with Crippen LogP contribution in [0.15, 0.2) is 85.1 Å². The Labute approximate surface area is 246 Å². The number of hydrogen-bond donors (Lipinski definition) is 1. The Morgan fingerprint density at radius 1 is 0.930 bits per heavy atom. The van der Waals surface area contributed by atoms with Crippen molar-refractivity contribution in [2.24, 2.45) is 0 Å². The summed E-state index contributed by atoms with van der Waals surface area (Å²) in [6.07, 6.45) is -1.25. The maximum Gasteiger partial charge on any atom is 0.416 e. The van der Waals surface area contributed by atoms with Gasteiger partial charge in [-0.15, -0.1) is 0 Å². The lowest BCUT2D eigenvalue weighted by Gasteiger charge is -2.40. The molecule has 8 nitrogen and oxygen atoms in total. The van der Waals surface area contributed by atoms with E-state index in [9.17, 15) is 22.8 Å². The molecule has 1 aromatic heterocycles. The van der Waals surface area contributed by atoms with Crippen LogP contribution in [0.1, 0.15) is 35.7 Å². The topological polar surface area (TPSA) is 76.0 Å². The molecule has 11 heteroatoms. The first-order chi connectivity index (χ1) is 20.7. The number of nitrogens with one attached hydrogen (secondary N) is 1. The Balaban J connectivity index is 1.37. The third kappa shape index (κ3) is 5.38. The molecule has 1 saturated carbocycles. The van der Waals surface area contributed by atoms with Crippen LogP contribution in [0.4, 0.5) is 29.3 Å². The molecule has 3 amide bonds. The lowest BCUT2D eigenvalue weighted by molar-refractivity contribution is -0.137. The molecule has 2 heterocycles. The number of benzene rings is 3. The Morgan fingerprint density at radius 2 is 1.70 bits per heavy atom. The summed E-state index contributed by atoms with van der Waals surface area (Å²) in [5.41, 5.74) is 2.06. The number of ether oxygens (including phenoxy) is 2. The minimum Gasteiger partial charge on any atom is -0.497 e. The molecule has 1 aliphatic heterocycles. The maximum atomic E-state index is 14.4. The van der Waals surface area contributed by atoms with Gasteiger partial charge in [0.25, 0.3) is 0 Å². The number of nitrogens with zero attached hydrogens (tertiary/aromatic N) is 3. The number of carbonyl (C=O) groups is 2. The molecule has 222 valence electrons. The van der Waals surface area contributed by atoms with Crippen molar-refractivity contribution in [1.29, 1.82) is 0 Å². The number of halogens is 3. The summed E-state index contributed by atoms with van der Waals surface area (Å²) >= 11 is 0. The van der Waals surface area contributed by atoms with Gasteiger partial charge in [-0.25, -0.2) is 4.79 Å². The van der Waals surface area contributed by atoms with Crippen LogP contribution in [0.25, 0.3) is 5.69 Å². The third-order valence-corrected chi connectivity index (χ3v) is 7.71. The minimum absolute atomic E-state index is 0.00179. The van der Waals surface area contributed by atoms with Crippen LogP contribution >= 0.6 is 0 Å². The smallest absolute Gasteiger partial charge is 0.416 e. The van der Waals surface area contributed by atoms with Gasteiger partial charge >= 0.3 is 12.2 Å². The van der Waals surface area contributed by atoms with Crippen molar-refractivity contribution in [3.63, 3.8) is 0 Å². The van der Waals surface area contributed by atoms with E-state index >= 15 is 0 Å². The van der Waals surface area contributed by atoms with Gasteiger partial charge in [0.2, 0.25) is 5.91 Å². The van der Waals surface area contributed by atoms with E-state index in [4.69, 9.17) is 9.47 Å². The largest absolute Gasteiger partial charge is 0.497 e. The lowest BCUT2D eigenvalue weighted by Crippen LogP contribution is -2.48. The molecule has 1 fully saturated rings. The monoisotopic (exact) mass is 590 g/mol. The molecule has 0 saturated heterocycles. The number of amides is 3. The number of rotatable bonds is 7. The number of hydrogen-bond acceptors (Lipinski definition) is 4. The standard InChI is InChI=1S/C32H29F3N4O4/c1-42-23-14-15-28(43-2)24(18-23)30-27-11-6-16-37(27)25-9-3-4-10-26(25)39(30)29(40)19-38(22-12-13-22)31(41)36-21-8-5-7-20(17-21)32(33,34)35/h3-11,14-18,22,30H,12-13,19H2,1-2H3,(H,36,41). The van der Waals surface area contributed by atoms with Crippen LogP contribution < -0.4 is 19.7 Å². The minimum atomic E-state index is -4.55. The fourth-order valence-corrected chi connectivity index (χ4v) is 5.55. The van der Waals surface area contributed by atoms with Crippen molar-refractivity contribution in [3.05, 3.63) is 102 Å². The molecule has 1 N–H and O–H groups in total. The van der Waals surface area contributed by atoms with Gasteiger partial charge in [-0.1, -0.05) is 18.2 Å². The number of fused-ring (bicyclic) bond motifs is 3. The van der Waals surface area contributed by atoms with Crippen molar-refractivity contribution in [2.75, 3.05) is 31.0 Å². The van der Waals surface area contributed by atoms with Crippen LogP contribution in [0.2, 0.25) is 0 Å². The van der Waals surface area contributed by atoms with Gasteiger partial charge in [0, 0.05) is 23.5 Å². The van der Waals surface area contributed by atoms with Crippen molar-refractivity contribution >= 4 is 23.3 Å². The SMILES string of the molecule is COc1ccc(OC)c(C2c3cccn3-c3ccccc3N2C(=O)CN(C(=O)Nc2cccc(C(F)(F)F)c2)C2CC2)c1. The Kier molecular flexibility index (Phi) is 7.25. The second-order valence-corrected chi connectivity index (χ2v) is 10.4. The van der Waals surface area contributed by atoms with E-state index in [1.165, 1.54) is 17.0 Å². The number of para-hydroxylation sites is 2. The van der Waals surface area contributed by atoms with E-state index in [2.05, 4.69) is 5.32 Å². The van der Waals surface area contributed by atoms with E-state index in [0.717, 1.165) is 23.5 Å². The van der Waals surface area contributed by atoms with Crippen molar-refractivity contribution in [2.45, 2.75) is 31.1 Å². The van der Waals surface area contributed by atoms with Crippen molar-refractivity contribution in [3.8, 4) is 17.2 Å². The Hall–Kier alpha value is -4.93. The van der Waals surface area contributed by atoms with E-state index < -0.39 is 23.8 Å². The third-order valence-electron chi connectivity index (χ3n) is 7.71. The van der Waals surface area contributed by atoms with E-state index in [-0.39, 0.29) is 24.2 Å². The summed E-state index contributed by atoms with van der Waals surface area (Å²) in [5.74, 6) is 0.776. The number of methoxy groups -OCH3 is 2. The molecular formula is C32H29F3N4O4. The highest BCUT2D eigenvalue weighted by Gasteiger charge is 2.41. The van der Waals surface area contributed by atoms with Gasteiger partial charge in [0.05, 0.1) is 36.9 Å². The second kappa shape index (κ2) is 11.0. The van der Waals surface area contributed by atoms with E-state index in [1.54, 1.807) is 31.3 Å². The Bertz CT molecular complexity index is 1680. The fourth-order valence-electron chi connectivity index (χ4n) is 5.55. The first kappa shape index (κ1) is 28.2. The Morgan fingerprint density at radius 3 is 2.40 bits per heavy atom. The highest BCUT2D eigenvalue weighted by molar-refractivity contribution is 6.01. The van der Waals surface area contributed by atoms with E-state index in [1.807, 2.05) is 53.2 Å². The van der Waals surface area contributed by atoms with Crippen LogP contribution in [0.5, 0.6) is 11.5 Å². The van der Waals surface area contributed by atoms with Gasteiger partial charge < -0.3 is 24.3 Å². The lowest BCUT2D eigenvalue weighted by atomic mass is 9.96. The van der Waals surface area contributed by atoms with Gasteiger partial charge in [-0.05, 0) is 73.5 Å². The zero-order valence-corrected chi connectivity index (χ0v) is 23.5. The summed E-state index contributed by atoms with van der Waals surface area (Å²) in [6, 6.07) is 19.7. The molecule has 2 aliphatic rings. The van der Waals surface area contributed by atoms with E-state index in [0.29, 0.717) is 35.6 Å². The summed E-state index contributed by atoms with van der Waals surface area (Å²) in [5, 5.41) is 2.57. The quantitative estimate of drug-likeness (QED) is 0.262. The van der Waals surface area contributed by atoms with Crippen LogP contribution in [-0.4, -0.2) is 48.2 Å². The molecule has 0 spiro atoms. The molecule has 3 aromatic carbocycles. The predicted octanol–water partition coefficient (Wildman–Crippen LogP) is 6.65. The number of anilines is 2. The fraction of sp³-hybridized carbons (Fsp3) is 0.250. The van der Waals surface area contributed by atoms with Crippen molar-refractivity contribution < 1.29 is 32.2 Å². The normalized spacial score (nSPS) is 15.7. The number of urea groups is 1. The summed E-state index contributed by atoms with van der Waals surface area (Å²) in [6.45, 7) is -0.284. The average molecular weight is 591 g/mol. The molecule has 0 radical (unpaired) electrons. The summed E-state index contributed by atoms with van der Waals surface area (Å²) in [4.78, 5) is 30.9. The van der Waals surface area contributed by atoms with Gasteiger partial charge in [0.1, 0.15) is 24.1 Å². The summed E-state index contributed by atoms with van der Waals surface area (Å²) < 4.78 is 53.0. The molecule has 1 atom stereocenters. The van der Waals surface area contributed by atoms with Crippen molar-refractivity contribution in [1.82, 2.24) is 9.47 Å².